The van der Waals surface area contributed by atoms with Gasteiger partial charge in [0.2, 0.25) is 5.91 Å². The Kier molecular flexibility index (Phi) is 2.21. The standard InChI is InChI=1S/C7H13N3O2/c1-4-5(6(8)11)2-3-10(4)7(9)12/h4-5H,2-3H2,1H3,(H2,8,11)(H2,9,12). The van der Waals surface area contributed by atoms with Crippen molar-refractivity contribution in [3.8, 4) is 0 Å². The van der Waals surface area contributed by atoms with Gasteiger partial charge in [-0.3, -0.25) is 4.79 Å². The van der Waals surface area contributed by atoms with Crippen LogP contribution in [0, 0.1) is 5.92 Å². The summed E-state index contributed by atoms with van der Waals surface area (Å²) in [6, 6.07) is -0.633. The molecule has 1 saturated heterocycles. The fourth-order valence-electron chi connectivity index (χ4n) is 1.63. The quantitative estimate of drug-likeness (QED) is 0.544. The molecular weight excluding hydrogens is 158 g/mol. The average molecular weight is 171 g/mol. The average Bonchev–Trinajstić information content (AvgIpc) is 2.30. The molecule has 0 saturated carbocycles. The summed E-state index contributed by atoms with van der Waals surface area (Å²) in [7, 11) is 0. The van der Waals surface area contributed by atoms with E-state index in [1.54, 1.807) is 6.92 Å². The van der Waals surface area contributed by atoms with Gasteiger partial charge in [0, 0.05) is 12.6 Å². The van der Waals surface area contributed by atoms with Crippen molar-refractivity contribution in [2.75, 3.05) is 6.54 Å². The van der Waals surface area contributed by atoms with Crippen LogP contribution in [0.4, 0.5) is 4.79 Å². The van der Waals surface area contributed by atoms with Gasteiger partial charge in [-0.2, -0.15) is 0 Å². The van der Waals surface area contributed by atoms with Crippen LogP contribution in [0.3, 0.4) is 0 Å². The second-order valence-electron chi connectivity index (χ2n) is 3.07. The number of hydrogen-bond donors (Lipinski definition) is 2. The molecule has 0 bridgehead atoms. The maximum absolute atomic E-state index is 10.8. The first-order chi connectivity index (χ1) is 5.54. The van der Waals surface area contributed by atoms with Gasteiger partial charge >= 0.3 is 6.03 Å². The number of amides is 3. The van der Waals surface area contributed by atoms with E-state index in [1.807, 2.05) is 0 Å². The number of carbonyl (C=O) groups is 2. The van der Waals surface area contributed by atoms with Gasteiger partial charge in [-0.25, -0.2) is 4.79 Å². The molecule has 3 amide bonds. The van der Waals surface area contributed by atoms with Gasteiger partial charge in [0.25, 0.3) is 0 Å². The summed E-state index contributed by atoms with van der Waals surface area (Å²) in [6.45, 7) is 2.32. The van der Waals surface area contributed by atoms with E-state index < -0.39 is 6.03 Å². The maximum Gasteiger partial charge on any atom is 0.315 e. The summed E-state index contributed by atoms with van der Waals surface area (Å²) >= 11 is 0. The Morgan fingerprint density at radius 3 is 2.25 bits per heavy atom. The highest BCUT2D eigenvalue weighted by atomic mass is 16.2. The Morgan fingerprint density at radius 2 is 2.00 bits per heavy atom. The van der Waals surface area contributed by atoms with Crippen LogP contribution in [-0.4, -0.2) is 29.4 Å². The van der Waals surface area contributed by atoms with Crippen LogP contribution in [0.2, 0.25) is 0 Å². The highest BCUT2D eigenvalue weighted by molar-refractivity contribution is 5.80. The molecule has 2 unspecified atom stereocenters. The van der Waals surface area contributed by atoms with Crippen LogP contribution in [0.5, 0.6) is 0 Å². The highest BCUT2D eigenvalue weighted by Crippen LogP contribution is 2.22. The summed E-state index contributed by atoms with van der Waals surface area (Å²) in [5, 5.41) is 0. The molecule has 12 heavy (non-hydrogen) atoms. The molecule has 1 aliphatic heterocycles. The van der Waals surface area contributed by atoms with Crippen molar-refractivity contribution in [1.29, 1.82) is 0 Å². The zero-order chi connectivity index (χ0) is 9.30. The predicted molar refractivity (Wildman–Crippen MR) is 43.1 cm³/mol. The molecule has 0 spiro atoms. The molecule has 1 rings (SSSR count). The van der Waals surface area contributed by atoms with Crippen molar-refractivity contribution in [3.05, 3.63) is 0 Å². The lowest BCUT2D eigenvalue weighted by Crippen LogP contribution is -2.42. The van der Waals surface area contributed by atoms with Crippen molar-refractivity contribution in [2.24, 2.45) is 17.4 Å². The third kappa shape index (κ3) is 1.34. The number of carbonyl (C=O) groups excluding carboxylic acids is 2. The minimum absolute atomic E-state index is 0.153. The molecule has 5 heteroatoms. The minimum atomic E-state index is -0.480. The zero-order valence-corrected chi connectivity index (χ0v) is 6.99. The van der Waals surface area contributed by atoms with E-state index in [9.17, 15) is 9.59 Å². The number of urea groups is 1. The Balaban J connectivity index is 2.67. The number of hydrogen-bond acceptors (Lipinski definition) is 2. The van der Waals surface area contributed by atoms with Crippen LogP contribution in [0.15, 0.2) is 0 Å². The summed E-state index contributed by atoms with van der Waals surface area (Å²) in [4.78, 5) is 23.1. The molecule has 68 valence electrons. The van der Waals surface area contributed by atoms with Gasteiger partial charge < -0.3 is 16.4 Å². The molecule has 5 nitrogen and oxygen atoms in total. The first-order valence-electron chi connectivity index (χ1n) is 3.89. The molecule has 0 aromatic rings. The minimum Gasteiger partial charge on any atom is -0.369 e. The van der Waals surface area contributed by atoms with Gasteiger partial charge in [-0.1, -0.05) is 0 Å². The van der Waals surface area contributed by atoms with Crippen LogP contribution >= 0.6 is 0 Å². The number of likely N-dealkylation sites (tertiary alicyclic amines) is 1. The first kappa shape index (κ1) is 8.83. The third-order valence-electron chi connectivity index (χ3n) is 2.40. The number of nitrogens with two attached hydrogens (primary N) is 2. The molecule has 0 aromatic carbocycles. The van der Waals surface area contributed by atoms with Crippen molar-refractivity contribution in [1.82, 2.24) is 4.90 Å². The van der Waals surface area contributed by atoms with E-state index in [0.717, 1.165) is 0 Å². The summed E-state index contributed by atoms with van der Waals surface area (Å²) in [5.41, 5.74) is 10.2. The lowest BCUT2D eigenvalue weighted by Gasteiger charge is -2.20. The van der Waals surface area contributed by atoms with Crippen LogP contribution in [0.25, 0.3) is 0 Å². The number of nitrogens with zero attached hydrogens (tertiary/aromatic N) is 1. The van der Waals surface area contributed by atoms with E-state index in [-0.39, 0.29) is 17.9 Å². The molecule has 4 N–H and O–H groups in total. The normalized spacial score (nSPS) is 28.9. The van der Waals surface area contributed by atoms with Crippen molar-refractivity contribution in [3.63, 3.8) is 0 Å². The highest BCUT2D eigenvalue weighted by Gasteiger charge is 2.35. The van der Waals surface area contributed by atoms with Crippen LogP contribution in [0.1, 0.15) is 13.3 Å². The van der Waals surface area contributed by atoms with Crippen molar-refractivity contribution < 1.29 is 9.59 Å². The molecule has 0 aromatic heterocycles. The van der Waals surface area contributed by atoms with E-state index in [4.69, 9.17) is 11.5 Å². The molecule has 1 heterocycles. The van der Waals surface area contributed by atoms with Crippen molar-refractivity contribution in [2.45, 2.75) is 19.4 Å². The summed E-state index contributed by atoms with van der Waals surface area (Å²) in [6.07, 6.45) is 0.624. The van der Waals surface area contributed by atoms with Gasteiger partial charge in [0.1, 0.15) is 0 Å². The lowest BCUT2D eigenvalue weighted by atomic mass is 10.0. The fraction of sp³-hybridized carbons (Fsp3) is 0.714. The van der Waals surface area contributed by atoms with Gasteiger partial charge in [0.05, 0.1) is 5.92 Å². The van der Waals surface area contributed by atoms with Gasteiger partial charge in [-0.05, 0) is 13.3 Å². The Labute approximate surface area is 70.7 Å². The predicted octanol–water partition coefficient (Wildman–Crippen LogP) is -0.739. The summed E-state index contributed by atoms with van der Waals surface area (Å²) in [5.74, 6) is -0.594. The van der Waals surface area contributed by atoms with Crippen molar-refractivity contribution >= 4 is 11.9 Å². The third-order valence-corrected chi connectivity index (χ3v) is 2.40. The molecule has 2 atom stereocenters. The number of rotatable bonds is 1. The van der Waals surface area contributed by atoms with E-state index in [1.165, 1.54) is 4.90 Å². The first-order valence-corrected chi connectivity index (χ1v) is 3.89. The topological polar surface area (TPSA) is 89.4 Å². The smallest absolute Gasteiger partial charge is 0.315 e. The van der Waals surface area contributed by atoms with Gasteiger partial charge in [0.15, 0.2) is 0 Å². The second-order valence-corrected chi connectivity index (χ2v) is 3.07. The second kappa shape index (κ2) is 3.00. The summed E-state index contributed by atoms with van der Waals surface area (Å²) < 4.78 is 0. The van der Waals surface area contributed by atoms with Crippen LogP contribution < -0.4 is 11.5 Å². The number of primary amides is 2. The SMILES string of the molecule is CC1C(C(N)=O)CCN1C(N)=O. The Bertz CT molecular complexity index is 195. The molecule has 1 fully saturated rings. The molecule has 0 radical (unpaired) electrons. The zero-order valence-electron chi connectivity index (χ0n) is 6.99. The van der Waals surface area contributed by atoms with Gasteiger partial charge in [-0.15, -0.1) is 0 Å². The molecular formula is C7H13N3O2. The molecule has 0 aliphatic carbocycles. The Hall–Kier alpha value is -1.26. The molecule has 1 aliphatic rings. The Morgan fingerprint density at radius 1 is 1.42 bits per heavy atom. The van der Waals surface area contributed by atoms with E-state index in [0.29, 0.717) is 13.0 Å². The van der Waals surface area contributed by atoms with E-state index in [2.05, 4.69) is 0 Å². The monoisotopic (exact) mass is 171 g/mol. The maximum atomic E-state index is 10.8. The largest absolute Gasteiger partial charge is 0.369 e. The van der Waals surface area contributed by atoms with Crippen LogP contribution in [-0.2, 0) is 4.79 Å². The van der Waals surface area contributed by atoms with E-state index >= 15 is 0 Å². The lowest BCUT2D eigenvalue weighted by molar-refractivity contribution is -0.122. The fourth-order valence-corrected chi connectivity index (χ4v) is 1.63.